The Morgan fingerprint density at radius 2 is 2.38 bits per heavy atom. The monoisotopic (exact) mass is 284 g/mol. The molecule has 1 unspecified atom stereocenters. The van der Waals surface area contributed by atoms with Crippen molar-refractivity contribution in [2.45, 2.75) is 31.8 Å². The first-order valence-corrected chi connectivity index (χ1v) is 6.26. The fourth-order valence-corrected chi connectivity index (χ4v) is 2.38. The minimum Gasteiger partial charge on any atom is -0.479 e. The van der Waals surface area contributed by atoms with E-state index in [0.717, 1.165) is 19.3 Å². The maximum atomic E-state index is 11.4. The zero-order valence-electron chi connectivity index (χ0n) is 8.82. The molecule has 1 aromatic heterocycles. The minimum atomic E-state index is -0.415. The Hall–Kier alpha value is -1.03. The van der Waals surface area contributed by atoms with Crippen molar-refractivity contribution in [1.29, 1.82) is 0 Å². The van der Waals surface area contributed by atoms with Gasteiger partial charge in [-0.05, 0) is 48.4 Å². The summed E-state index contributed by atoms with van der Waals surface area (Å²) in [4.78, 5) is 13.3. The smallest absolute Gasteiger partial charge is 0.378 e. The topological polar surface area (TPSA) is 39.4 Å². The van der Waals surface area contributed by atoms with Crippen molar-refractivity contribution in [3.05, 3.63) is 39.4 Å². The lowest BCUT2D eigenvalue weighted by Gasteiger charge is -2.25. The van der Waals surface area contributed by atoms with E-state index in [1.54, 1.807) is 12.1 Å². The van der Waals surface area contributed by atoms with Crippen LogP contribution in [0.2, 0.25) is 0 Å². The van der Waals surface area contributed by atoms with Crippen LogP contribution in [0.15, 0.2) is 38.2 Å². The molecule has 0 N–H and O–H groups in total. The number of hydrogen-bond acceptors (Lipinski definition) is 3. The predicted molar refractivity (Wildman–Crippen MR) is 64.9 cm³/mol. The lowest BCUT2D eigenvalue weighted by atomic mass is 9.93. The van der Waals surface area contributed by atoms with Crippen LogP contribution in [0.3, 0.4) is 0 Å². The molecule has 1 aromatic rings. The fraction of sp³-hybridized carbons (Fsp3) is 0.417. The summed E-state index contributed by atoms with van der Waals surface area (Å²) in [5.41, 5.74) is 0.788. The number of ether oxygens (including phenoxy) is 1. The number of halogens is 1. The molecular formula is C12H13BrO3. The fourth-order valence-electron chi connectivity index (χ4n) is 1.86. The largest absolute Gasteiger partial charge is 0.479 e. The zero-order chi connectivity index (χ0) is 11.4. The summed E-state index contributed by atoms with van der Waals surface area (Å²) in [6.45, 7) is 0. The molecule has 3 nitrogen and oxygen atoms in total. The maximum absolute atomic E-state index is 11.4. The van der Waals surface area contributed by atoms with Gasteiger partial charge in [-0.3, -0.25) is 0 Å². The number of hydrogen-bond donors (Lipinski definition) is 0. The molecule has 1 aliphatic rings. The van der Waals surface area contributed by atoms with E-state index < -0.39 is 5.63 Å². The SMILES string of the molecule is O=c1occcc1OC1CCCCC1=CBr. The van der Waals surface area contributed by atoms with Crippen LogP contribution in [0.4, 0.5) is 0 Å². The molecule has 0 aliphatic heterocycles. The van der Waals surface area contributed by atoms with Gasteiger partial charge in [0.05, 0.1) is 6.26 Å². The Labute approximate surface area is 102 Å². The second-order valence-corrected chi connectivity index (χ2v) is 4.26. The minimum absolute atomic E-state index is 0.00146. The van der Waals surface area contributed by atoms with Gasteiger partial charge in [0.1, 0.15) is 6.10 Å². The van der Waals surface area contributed by atoms with E-state index in [2.05, 4.69) is 15.9 Å². The molecule has 0 bridgehead atoms. The van der Waals surface area contributed by atoms with Crippen molar-refractivity contribution in [3.63, 3.8) is 0 Å². The average molecular weight is 285 g/mol. The molecule has 2 rings (SSSR count). The molecular weight excluding hydrogens is 272 g/mol. The molecule has 1 heterocycles. The van der Waals surface area contributed by atoms with Crippen LogP contribution >= 0.6 is 15.9 Å². The van der Waals surface area contributed by atoms with Crippen molar-refractivity contribution < 1.29 is 9.15 Å². The van der Waals surface area contributed by atoms with Crippen LogP contribution in [0.5, 0.6) is 5.75 Å². The normalized spacial score (nSPS) is 23.3. The van der Waals surface area contributed by atoms with Gasteiger partial charge in [0.25, 0.3) is 0 Å². The third-order valence-corrected chi connectivity index (χ3v) is 3.30. The molecule has 0 saturated heterocycles. The lowest BCUT2D eigenvalue weighted by Crippen LogP contribution is -2.24. The van der Waals surface area contributed by atoms with Gasteiger partial charge >= 0.3 is 5.63 Å². The van der Waals surface area contributed by atoms with Gasteiger partial charge in [0.2, 0.25) is 5.75 Å². The van der Waals surface area contributed by atoms with Crippen LogP contribution in [-0.4, -0.2) is 6.10 Å². The lowest BCUT2D eigenvalue weighted by molar-refractivity contribution is 0.195. The van der Waals surface area contributed by atoms with Crippen molar-refractivity contribution in [1.82, 2.24) is 0 Å². The molecule has 16 heavy (non-hydrogen) atoms. The highest BCUT2D eigenvalue weighted by Gasteiger charge is 2.21. The Balaban J connectivity index is 2.14. The maximum Gasteiger partial charge on any atom is 0.378 e. The summed E-state index contributed by atoms with van der Waals surface area (Å²) in [6, 6.07) is 3.31. The third kappa shape index (κ3) is 2.55. The highest BCUT2D eigenvalue weighted by Crippen LogP contribution is 2.27. The molecule has 0 amide bonds. The molecule has 86 valence electrons. The van der Waals surface area contributed by atoms with Gasteiger partial charge in [-0.1, -0.05) is 15.9 Å². The molecule has 0 aromatic carbocycles. The second kappa shape index (κ2) is 5.34. The first-order chi connectivity index (χ1) is 7.81. The van der Waals surface area contributed by atoms with Crippen LogP contribution in [0, 0.1) is 0 Å². The van der Waals surface area contributed by atoms with Gasteiger partial charge in [-0.25, -0.2) is 4.79 Å². The second-order valence-electron chi connectivity index (χ2n) is 3.80. The summed E-state index contributed by atoms with van der Waals surface area (Å²) < 4.78 is 10.4. The van der Waals surface area contributed by atoms with Gasteiger partial charge in [0, 0.05) is 0 Å². The standard InChI is InChI=1S/C12H13BrO3/c13-8-9-4-1-2-5-10(9)16-11-6-3-7-15-12(11)14/h3,6-8,10H,1-2,4-5H2. The van der Waals surface area contributed by atoms with Gasteiger partial charge < -0.3 is 9.15 Å². The Morgan fingerprint density at radius 1 is 1.50 bits per heavy atom. The van der Waals surface area contributed by atoms with Crippen molar-refractivity contribution in [3.8, 4) is 5.75 Å². The van der Waals surface area contributed by atoms with Crippen LogP contribution in [0.1, 0.15) is 25.7 Å². The molecule has 1 fully saturated rings. The van der Waals surface area contributed by atoms with E-state index in [1.807, 2.05) is 4.99 Å². The van der Waals surface area contributed by atoms with Crippen molar-refractivity contribution in [2.75, 3.05) is 0 Å². The summed E-state index contributed by atoms with van der Waals surface area (Å²) in [7, 11) is 0. The molecule has 0 spiro atoms. The first kappa shape index (κ1) is 11.5. The molecule has 0 radical (unpaired) electrons. The van der Waals surface area contributed by atoms with Gasteiger partial charge in [-0.15, -0.1) is 0 Å². The molecule has 1 aliphatic carbocycles. The third-order valence-electron chi connectivity index (χ3n) is 2.71. The van der Waals surface area contributed by atoms with Crippen LogP contribution in [0.25, 0.3) is 0 Å². The Bertz CT molecular complexity index is 436. The van der Waals surface area contributed by atoms with E-state index in [0.29, 0.717) is 5.75 Å². The van der Waals surface area contributed by atoms with Gasteiger partial charge in [0.15, 0.2) is 0 Å². The van der Waals surface area contributed by atoms with Gasteiger partial charge in [-0.2, -0.15) is 0 Å². The summed E-state index contributed by atoms with van der Waals surface area (Å²) in [6.07, 6.45) is 5.64. The highest BCUT2D eigenvalue weighted by molar-refractivity contribution is 9.11. The van der Waals surface area contributed by atoms with E-state index in [-0.39, 0.29) is 6.10 Å². The van der Waals surface area contributed by atoms with Crippen molar-refractivity contribution >= 4 is 15.9 Å². The molecule has 1 saturated carbocycles. The quantitative estimate of drug-likeness (QED) is 0.837. The average Bonchev–Trinajstić information content (AvgIpc) is 2.33. The molecule has 1 atom stereocenters. The summed E-state index contributed by atoms with van der Waals surface area (Å²) >= 11 is 3.34. The van der Waals surface area contributed by atoms with E-state index in [1.165, 1.54) is 18.3 Å². The Morgan fingerprint density at radius 3 is 3.12 bits per heavy atom. The van der Waals surface area contributed by atoms with E-state index in [9.17, 15) is 4.79 Å². The Kier molecular flexibility index (Phi) is 3.83. The predicted octanol–water partition coefficient (Wildman–Crippen LogP) is 3.24. The van der Waals surface area contributed by atoms with E-state index >= 15 is 0 Å². The van der Waals surface area contributed by atoms with Crippen LogP contribution in [-0.2, 0) is 0 Å². The van der Waals surface area contributed by atoms with Crippen molar-refractivity contribution in [2.24, 2.45) is 0 Å². The first-order valence-electron chi connectivity index (χ1n) is 5.35. The highest BCUT2D eigenvalue weighted by atomic mass is 79.9. The number of rotatable bonds is 2. The van der Waals surface area contributed by atoms with E-state index in [4.69, 9.17) is 9.15 Å². The summed E-state index contributed by atoms with van der Waals surface area (Å²) in [5.74, 6) is 0.293. The zero-order valence-corrected chi connectivity index (χ0v) is 10.4. The molecule has 4 heteroatoms. The summed E-state index contributed by atoms with van der Waals surface area (Å²) in [5, 5.41) is 0. The van der Waals surface area contributed by atoms with Crippen LogP contribution < -0.4 is 10.4 Å².